The summed E-state index contributed by atoms with van der Waals surface area (Å²) in [6.07, 6.45) is 1.39. The summed E-state index contributed by atoms with van der Waals surface area (Å²) in [6, 6.07) is 6.71. The van der Waals surface area contributed by atoms with Gasteiger partial charge in [0, 0.05) is 30.1 Å². The second-order valence-electron chi connectivity index (χ2n) is 8.35. The van der Waals surface area contributed by atoms with Crippen LogP contribution in [-0.4, -0.2) is 27.9 Å². The predicted octanol–water partition coefficient (Wildman–Crippen LogP) is 4.36. The molecule has 4 rings (SSSR count). The van der Waals surface area contributed by atoms with E-state index in [0.717, 1.165) is 11.1 Å². The third-order valence-corrected chi connectivity index (χ3v) is 6.10. The molecular weight excluding hydrogens is 484 g/mol. The number of aromatic nitrogens is 3. The van der Waals surface area contributed by atoms with Crippen molar-refractivity contribution in [3.63, 3.8) is 0 Å². The average molecular weight is 509 g/mol. The monoisotopic (exact) mass is 508 g/mol. The number of nitrogens with one attached hydrogen (secondary N) is 2. The number of aryl methyl sites for hydroxylation is 1. The second kappa shape index (κ2) is 9.82. The minimum Gasteiger partial charge on any atom is -0.455 e. The fourth-order valence-corrected chi connectivity index (χ4v) is 4.15. The molecule has 1 aromatic carbocycles. The summed E-state index contributed by atoms with van der Waals surface area (Å²) in [5, 5.41) is 7.76. The summed E-state index contributed by atoms with van der Waals surface area (Å²) in [7, 11) is 1.65. The Balaban J connectivity index is 1.88. The number of H-pyrrole nitrogens is 1. The molecule has 4 aromatic rings. The summed E-state index contributed by atoms with van der Waals surface area (Å²) in [6.45, 7) is 7.33. The van der Waals surface area contributed by atoms with Gasteiger partial charge in [0.15, 0.2) is 5.43 Å². The van der Waals surface area contributed by atoms with Crippen LogP contribution in [0.4, 0.5) is 5.69 Å². The number of hydrogen-bond donors (Lipinski definition) is 3. The van der Waals surface area contributed by atoms with Crippen LogP contribution in [0.5, 0.6) is 0 Å². The molecule has 0 unspecified atom stereocenters. The van der Waals surface area contributed by atoms with Crippen LogP contribution in [-0.2, 0) is 0 Å². The highest BCUT2D eigenvalue weighted by Gasteiger charge is 2.22. The van der Waals surface area contributed by atoms with Crippen LogP contribution < -0.4 is 22.2 Å². The van der Waals surface area contributed by atoms with E-state index in [9.17, 15) is 9.59 Å². The van der Waals surface area contributed by atoms with Crippen molar-refractivity contribution < 1.29 is 8.94 Å². The van der Waals surface area contributed by atoms with Gasteiger partial charge in [0.2, 0.25) is 5.82 Å². The summed E-state index contributed by atoms with van der Waals surface area (Å²) in [5.41, 5.74) is 10.2. The molecule has 0 aliphatic heterocycles. The van der Waals surface area contributed by atoms with Gasteiger partial charge in [-0.15, -0.1) is 0 Å². The maximum atomic E-state index is 13.4. The molecule has 0 spiro atoms. The predicted molar refractivity (Wildman–Crippen MR) is 141 cm³/mol. The van der Waals surface area contributed by atoms with Gasteiger partial charge in [-0.2, -0.15) is 0 Å². The van der Waals surface area contributed by atoms with E-state index in [1.807, 2.05) is 19.9 Å². The topological polar surface area (TPSA) is 152 Å². The molecule has 0 bridgehead atoms. The van der Waals surface area contributed by atoms with Gasteiger partial charge in [-0.05, 0) is 51.5 Å². The molecule has 1 atom stereocenters. The normalized spacial score (nSPS) is 13.3. The number of halogens is 1. The lowest BCUT2D eigenvalue weighted by Gasteiger charge is -2.20. The lowest BCUT2D eigenvalue weighted by Crippen LogP contribution is -2.15. The van der Waals surface area contributed by atoms with Gasteiger partial charge in [0.25, 0.3) is 0 Å². The SMILES string of the molecule is CN=C(C)C(=CN)c1oc2c([C@@H](C)Nc3ccc(Cl)nc3-c3noc(=O)[nH]3)cc(C)cc2c(=O)c1C. The summed E-state index contributed by atoms with van der Waals surface area (Å²) < 4.78 is 11.0. The first-order chi connectivity index (χ1) is 17.1. The quantitative estimate of drug-likeness (QED) is 0.256. The molecule has 3 heterocycles. The number of benzene rings is 1. The van der Waals surface area contributed by atoms with Gasteiger partial charge in [0.05, 0.1) is 22.7 Å². The number of nitrogens with two attached hydrogens (primary N) is 1. The van der Waals surface area contributed by atoms with E-state index < -0.39 is 5.76 Å². The third-order valence-electron chi connectivity index (χ3n) is 5.89. The van der Waals surface area contributed by atoms with Gasteiger partial charge in [0.1, 0.15) is 22.2 Å². The maximum absolute atomic E-state index is 13.4. The van der Waals surface area contributed by atoms with E-state index >= 15 is 0 Å². The van der Waals surface area contributed by atoms with Crippen molar-refractivity contribution in [2.75, 3.05) is 12.4 Å². The largest absolute Gasteiger partial charge is 0.455 e. The molecule has 0 fully saturated rings. The van der Waals surface area contributed by atoms with Crippen LogP contribution in [0.1, 0.15) is 42.3 Å². The van der Waals surface area contributed by atoms with Gasteiger partial charge >= 0.3 is 5.76 Å². The Labute approximate surface area is 210 Å². The van der Waals surface area contributed by atoms with E-state index in [1.54, 1.807) is 39.1 Å². The van der Waals surface area contributed by atoms with Crippen LogP contribution in [0.2, 0.25) is 5.15 Å². The van der Waals surface area contributed by atoms with Crippen molar-refractivity contribution >= 4 is 39.5 Å². The summed E-state index contributed by atoms with van der Waals surface area (Å²) in [5.74, 6) is -0.220. The van der Waals surface area contributed by atoms with Crippen molar-refractivity contribution in [1.82, 2.24) is 15.1 Å². The molecule has 0 saturated carbocycles. The van der Waals surface area contributed by atoms with Gasteiger partial charge in [-0.1, -0.05) is 22.8 Å². The number of fused-ring (bicyclic) bond motifs is 1. The minimum atomic E-state index is -0.713. The highest BCUT2D eigenvalue weighted by atomic mass is 35.5. The Kier molecular flexibility index (Phi) is 6.80. The molecule has 3 aromatic heterocycles. The minimum absolute atomic E-state index is 0.128. The fourth-order valence-electron chi connectivity index (χ4n) is 4.00. The summed E-state index contributed by atoms with van der Waals surface area (Å²) in [4.78, 5) is 35.8. The lowest BCUT2D eigenvalue weighted by molar-refractivity contribution is 0.388. The molecular formula is C25H25ClN6O4. The first-order valence-electron chi connectivity index (χ1n) is 11.1. The number of nitrogens with zero attached hydrogens (tertiary/aromatic N) is 3. The molecule has 0 saturated heterocycles. The van der Waals surface area contributed by atoms with Crippen molar-refractivity contribution in [1.29, 1.82) is 0 Å². The third kappa shape index (κ3) is 4.55. The maximum Gasteiger partial charge on any atom is 0.439 e. The highest BCUT2D eigenvalue weighted by molar-refractivity contribution is 6.29. The molecule has 0 aliphatic carbocycles. The van der Waals surface area contributed by atoms with Crippen molar-refractivity contribution in [3.05, 3.63) is 78.8 Å². The van der Waals surface area contributed by atoms with Crippen LogP contribution in [0.3, 0.4) is 0 Å². The zero-order valence-electron chi connectivity index (χ0n) is 20.4. The number of pyridine rings is 1. The molecule has 0 amide bonds. The number of anilines is 1. The van der Waals surface area contributed by atoms with Crippen LogP contribution >= 0.6 is 11.6 Å². The van der Waals surface area contributed by atoms with E-state index in [-0.39, 0.29) is 22.4 Å². The van der Waals surface area contributed by atoms with E-state index in [4.69, 9.17) is 21.8 Å². The average Bonchev–Trinajstić information content (AvgIpc) is 3.29. The lowest BCUT2D eigenvalue weighted by atomic mass is 9.98. The Bertz CT molecular complexity index is 1650. The number of aliphatic imine (C=N–C) groups is 1. The molecule has 0 aliphatic rings. The Hall–Kier alpha value is -4.18. The van der Waals surface area contributed by atoms with E-state index in [0.29, 0.717) is 45.0 Å². The van der Waals surface area contributed by atoms with Crippen molar-refractivity contribution in [2.45, 2.75) is 33.7 Å². The number of allylic oxidation sites excluding steroid dienone is 1. The van der Waals surface area contributed by atoms with Crippen LogP contribution in [0.25, 0.3) is 28.1 Å². The molecule has 4 N–H and O–H groups in total. The zero-order chi connectivity index (χ0) is 26.1. The number of hydrogen-bond acceptors (Lipinski definition) is 9. The van der Waals surface area contributed by atoms with Crippen LogP contribution in [0, 0.1) is 13.8 Å². The number of rotatable bonds is 6. The summed E-state index contributed by atoms with van der Waals surface area (Å²) >= 11 is 6.09. The smallest absolute Gasteiger partial charge is 0.439 e. The molecule has 0 radical (unpaired) electrons. The molecule has 36 heavy (non-hydrogen) atoms. The zero-order valence-corrected chi connectivity index (χ0v) is 21.1. The van der Waals surface area contributed by atoms with Crippen molar-refractivity contribution in [3.8, 4) is 11.5 Å². The van der Waals surface area contributed by atoms with E-state index in [2.05, 4.69) is 30.0 Å². The Morgan fingerprint density at radius 1 is 1.28 bits per heavy atom. The molecule has 11 heteroatoms. The van der Waals surface area contributed by atoms with Gasteiger partial charge < -0.3 is 15.5 Å². The second-order valence-corrected chi connectivity index (χ2v) is 8.73. The Morgan fingerprint density at radius 3 is 2.67 bits per heavy atom. The molecule has 10 nitrogen and oxygen atoms in total. The van der Waals surface area contributed by atoms with Gasteiger partial charge in [-0.25, -0.2) is 9.78 Å². The highest BCUT2D eigenvalue weighted by Crippen LogP contribution is 2.33. The fraction of sp³-hybridized carbons (Fsp3) is 0.240. The van der Waals surface area contributed by atoms with Gasteiger partial charge in [-0.3, -0.25) is 19.3 Å². The standard InChI is InChI=1S/C25H25ClN6O4/c1-11-8-15(14(4)29-18-6-7-19(26)30-20(18)24-31-25(34)36-32-24)23-16(9-11)21(33)12(2)22(35-23)17(10-27)13(3)28-5/h6-10,14,29H,27H2,1-5H3,(H,31,32,34)/t14-/m1/s1. The first-order valence-corrected chi connectivity index (χ1v) is 11.5. The van der Waals surface area contributed by atoms with Crippen molar-refractivity contribution in [2.24, 2.45) is 10.7 Å². The number of aromatic amines is 1. The Morgan fingerprint density at radius 2 is 2.03 bits per heavy atom. The molecule has 186 valence electrons. The van der Waals surface area contributed by atoms with E-state index in [1.165, 1.54) is 6.20 Å². The first kappa shape index (κ1) is 24.9. The van der Waals surface area contributed by atoms with Crippen LogP contribution in [0.15, 0.2) is 54.0 Å².